The van der Waals surface area contributed by atoms with Gasteiger partial charge in [0.15, 0.2) is 0 Å². The molecule has 0 saturated carbocycles. The molecule has 0 fully saturated rings. The van der Waals surface area contributed by atoms with Crippen LogP contribution in [0.1, 0.15) is 37.0 Å². The van der Waals surface area contributed by atoms with Gasteiger partial charge < -0.3 is 10.2 Å². The van der Waals surface area contributed by atoms with Gasteiger partial charge in [-0.2, -0.15) is 0 Å². The molecular weight excluding hydrogens is 522 g/mol. The van der Waals surface area contributed by atoms with Crippen LogP contribution in [0.3, 0.4) is 0 Å². The highest BCUT2D eigenvalue weighted by Gasteiger charge is 2.33. The second kappa shape index (κ2) is 12.9. The maximum absolute atomic E-state index is 13.9. The van der Waals surface area contributed by atoms with Gasteiger partial charge in [-0.05, 0) is 68.1 Å². The Morgan fingerprint density at radius 3 is 2.26 bits per heavy atom. The molecule has 202 valence electrons. The predicted molar refractivity (Wildman–Crippen MR) is 152 cm³/mol. The molecule has 1 N–H and O–H groups in total. The Bertz CT molecular complexity index is 1380. The largest absolute Gasteiger partial charge is 0.354 e. The van der Waals surface area contributed by atoms with Gasteiger partial charge in [0, 0.05) is 18.1 Å². The zero-order valence-electron chi connectivity index (χ0n) is 22.1. The summed E-state index contributed by atoms with van der Waals surface area (Å²) in [5.74, 6) is -0.809. The SMILES string of the molecule is CCCNC(=O)[C@@H](C)N(Cc1ccccc1C)C(=O)CN(c1cccc(Cl)c1C)S(=O)(=O)c1ccccc1. The van der Waals surface area contributed by atoms with Gasteiger partial charge in [0.2, 0.25) is 11.8 Å². The molecular formula is C29H34ClN3O4S. The first kappa shape index (κ1) is 29.2. The van der Waals surface area contributed by atoms with Crippen molar-refractivity contribution in [2.45, 2.75) is 51.6 Å². The average molecular weight is 556 g/mol. The number of carbonyl (C=O) groups excluding carboxylic acids is 2. The quantitative estimate of drug-likeness (QED) is 0.357. The summed E-state index contributed by atoms with van der Waals surface area (Å²) in [6.45, 7) is 7.37. The number of hydrogen-bond acceptors (Lipinski definition) is 4. The van der Waals surface area contributed by atoms with Crippen molar-refractivity contribution in [3.63, 3.8) is 0 Å². The van der Waals surface area contributed by atoms with Crippen molar-refractivity contribution >= 4 is 39.1 Å². The second-order valence-electron chi connectivity index (χ2n) is 9.12. The number of halogens is 1. The minimum absolute atomic E-state index is 0.0476. The third-order valence-corrected chi connectivity index (χ3v) is 8.62. The van der Waals surface area contributed by atoms with Crippen molar-refractivity contribution in [2.75, 3.05) is 17.4 Å². The van der Waals surface area contributed by atoms with Crippen molar-refractivity contribution in [1.82, 2.24) is 10.2 Å². The number of sulfonamides is 1. The molecule has 0 heterocycles. The van der Waals surface area contributed by atoms with Crippen molar-refractivity contribution in [3.05, 3.63) is 94.5 Å². The van der Waals surface area contributed by atoms with E-state index >= 15 is 0 Å². The number of aryl methyl sites for hydroxylation is 1. The minimum Gasteiger partial charge on any atom is -0.354 e. The van der Waals surface area contributed by atoms with Crippen molar-refractivity contribution in [2.24, 2.45) is 0 Å². The molecule has 0 radical (unpaired) electrons. The van der Waals surface area contributed by atoms with E-state index in [4.69, 9.17) is 11.6 Å². The van der Waals surface area contributed by atoms with Gasteiger partial charge in [0.1, 0.15) is 12.6 Å². The molecule has 0 aliphatic heterocycles. The van der Waals surface area contributed by atoms with E-state index in [9.17, 15) is 18.0 Å². The summed E-state index contributed by atoms with van der Waals surface area (Å²) in [6, 6.07) is 19.7. The first-order chi connectivity index (χ1) is 18.1. The average Bonchev–Trinajstić information content (AvgIpc) is 2.91. The molecule has 0 unspecified atom stereocenters. The molecule has 0 aromatic heterocycles. The summed E-state index contributed by atoms with van der Waals surface area (Å²) in [7, 11) is -4.14. The monoisotopic (exact) mass is 555 g/mol. The van der Waals surface area contributed by atoms with Crippen molar-refractivity contribution < 1.29 is 18.0 Å². The van der Waals surface area contributed by atoms with E-state index in [0.29, 0.717) is 22.8 Å². The van der Waals surface area contributed by atoms with E-state index in [-0.39, 0.29) is 17.3 Å². The van der Waals surface area contributed by atoms with E-state index in [1.807, 2.05) is 38.1 Å². The normalized spacial score (nSPS) is 12.0. The lowest BCUT2D eigenvalue weighted by atomic mass is 10.1. The van der Waals surface area contributed by atoms with Gasteiger partial charge in [0.25, 0.3) is 10.0 Å². The summed E-state index contributed by atoms with van der Waals surface area (Å²) in [4.78, 5) is 28.4. The topological polar surface area (TPSA) is 86.8 Å². The van der Waals surface area contributed by atoms with Crippen LogP contribution in [0.5, 0.6) is 0 Å². The van der Waals surface area contributed by atoms with Crippen LogP contribution in [0.15, 0.2) is 77.7 Å². The summed E-state index contributed by atoms with van der Waals surface area (Å²) < 4.78 is 28.8. The van der Waals surface area contributed by atoms with E-state index in [1.165, 1.54) is 17.0 Å². The molecule has 3 aromatic carbocycles. The molecule has 2 amide bonds. The number of anilines is 1. The third-order valence-electron chi connectivity index (χ3n) is 6.44. The Morgan fingerprint density at radius 2 is 1.61 bits per heavy atom. The first-order valence-electron chi connectivity index (χ1n) is 12.5. The van der Waals surface area contributed by atoms with Crippen LogP contribution in [0, 0.1) is 13.8 Å². The first-order valence-corrected chi connectivity index (χ1v) is 14.3. The van der Waals surface area contributed by atoms with Gasteiger partial charge in [-0.1, -0.05) is 67.1 Å². The number of amides is 2. The summed E-state index contributed by atoms with van der Waals surface area (Å²) in [5.41, 5.74) is 2.66. The summed E-state index contributed by atoms with van der Waals surface area (Å²) >= 11 is 6.35. The zero-order valence-corrected chi connectivity index (χ0v) is 23.7. The Balaban J connectivity index is 2.06. The molecule has 0 bridgehead atoms. The Morgan fingerprint density at radius 1 is 0.947 bits per heavy atom. The number of nitrogens with one attached hydrogen (secondary N) is 1. The van der Waals surface area contributed by atoms with Crippen LogP contribution in [0.4, 0.5) is 5.69 Å². The molecule has 1 atom stereocenters. The predicted octanol–water partition coefficient (Wildman–Crippen LogP) is 5.10. The number of rotatable bonds is 11. The fourth-order valence-electron chi connectivity index (χ4n) is 4.05. The molecule has 7 nitrogen and oxygen atoms in total. The highest BCUT2D eigenvalue weighted by atomic mass is 35.5. The Kier molecular flexibility index (Phi) is 9.94. The van der Waals surface area contributed by atoms with Crippen LogP contribution < -0.4 is 9.62 Å². The number of carbonyl (C=O) groups is 2. The highest BCUT2D eigenvalue weighted by molar-refractivity contribution is 7.92. The lowest BCUT2D eigenvalue weighted by molar-refractivity contribution is -0.139. The van der Waals surface area contributed by atoms with Crippen LogP contribution in [-0.4, -0.2) is 44.3 Å². The zero-order chi connectivity index (χ0) is 27.9. The highest BCUT2D eigenvalue weighted by Crippen LogP contribution is 2.31. The van der Waals surface area contributed by atoms with Crippen LogP contribution >= 0.6 is 11.6 Å². The smallest absolute Gasteiger partial charge is 0.264 e. The number of benzene rings is 3. The van der Waals surface area contributed by atoms with Crippen LogP contribution in [0.2, 0.25) is 5.02 Å². The van der Waals surface area contributed by atoms with E-state index in [1.54, 1.807) is 50.2 Å². The molecule has 0 aliphatic carbocycles. The van der Waals surface area contributed by atoms with Gasteiger partial charge >= 0.3 is 0 Å². The van der Waals surface area contributed by atoms with Gasteiger partial charge in [-0.15, -0.1) is 0 Å². The lowest BCUT2D eigenvalue weighted by Gasteiger charge is -2.32. The molecule has 3 rings (SSSR count). The van der Waals surface area contributed by atoms with Gasteiger partial charge in [-0.25, -0.2) is 8.42 Å². The Labute approximate surface area is 230 Å². The van der Waals surface area contributed by atoms with E-state index in [0.717, 1.165) is 21.9 Å². The van der Waals surface area contributed by atoms with Crippen molar-refractivity contribution in [1.29, 1.82) is 0 Å². The molecule has 38 heavy (non-hydrogen) atoms. The molecule has 3 aromatic rings. The van der Waals surface area contributed by atoms with Gasteiger partial charge in [-0.3, -0.25) is 13.9 Å². The molecule has 0 spiro atoms. The fourth-order valence-corrected chi connectivity index (χ4v) is 5.71. The van der Waals surface area contributed by atoms with E-state index < -0.39 is 28.5 Å². The Hall–Kier alpha value is -3.36. The van der Waals surface area contributed by atoms with E-state index in [2.05, 4.69) is 5.32 Å². The standard InChI is InChI=1S/C29H34ClN3O4S/c1-5-18-31-29(35)23(4)32(19-24-13-10-9-12-21(24)2)28(34)20-33(27-17-11-16-26(30)22(27)3)38(36,37)25-14-7-6-8-15-25/h6-17,23H,5,18-20H2,1-4H3,(H,31,35)/t23-/m1/s1. The molecule has 0 saturated heterocycles. The van der Waals surface area contributed by atoms with Gasteiger partial charge in [0.05, 0.1) is 10.6 Å². The second-order valence-corrected chi connectivity index (χ2v) is 11.4. The summed E-state index contributed by atoms with van der Waals surface area (Å²) in [5, 5.41) is 3.23. The van der Waals surface area contributed by atoms with Crippen molar-refractivity contribution in [3.8, 4) is 0 Å². The lowest BCUT2D eigenvalue weighted by Crippen LogP contribution is -2.51. The van der Waals surface area contributed by atoms with Crippen LogP contribution in [-0.2, 0) is 26.2 Å². The number of nitrogens with zero attached hydrogens (tertiary/aromatic N) is 2. The summed E-state index contributed by atoms with van der Waals surface area (Å²) in [6.07, 6.45) is 0.751. The number of hydrogen-bond donors (Lipinski definition) is 1. The third kappa shape index (κ3) is 6.74. The maximum atomic E-state index is 13.9. The van der Waals surface area contributed by atoms with Crippen LogP contribution in [0.25, 0.3) is 0 Å². The molecule has 9 heteroatoms. The maximum Gasteiger partial charge on any atom is 0.264 e. The minimum atomic E-state index is -4.14. The fraction of sp³-hybridized carbons (Fsp3) is 0.310. The molecule has 0 aliphatic rings.